The van der Waals surface area contributed by atoms with Crippen LogP contribution in [0, 0.1) is 0 Å². The number of carbonyl (C=O) groups is 3. The number of hydrogen-bond donors (Lipinski definition) is 0. The molecule has 0 heterocycles. The topological polar surface area (TPSA) is 78.9 Å². The number of unbranched alkanes of at least 4 members (excludes halogenated alkanes) is 23. The van der Waals surface area contributed by atoms with Gasteiger partial charge in [0.25, 0.3) is 0 Å². The number of hydrogen-bond acceptors (Lipinski definition) is 6. The van der Waals surface area contributed by atoms with E-state index in [1.807, 2.05) is 0 Å². The minimum atomic E-state index is -0.816. The van der Waals surface area contributed by atoms with Crippen LogP contribution in [-0.2, 0) is 28.6 Å². The molecular formula is C77H124O6. The highest BCUT2D eigenvalue weighted by atomic mass is 16.6. The largest absolute Gasteiger partial charge is 0.462 e. The first-order valence-electron chi connectivity index (χ1n) is 34.0. The van der Waals surface area contributed by atoms with E-state index in [1.165, 1.54) is 109 Å². The Morgan fingerprint density at radius 2 is 0.470 bits per heavy atom. The van der Waals surface area contributed by atoms with Crippen molar-refractivity contribution in [1.29, 1.82) is 0 Å². The van der Waals surface area contributed by atoms with Crippen molar-refractivity contribution in [1.82, 2.24) is 0 Å². The molecule has 1 unspecified atom stereocenters. The molecule has 0 spiro atoms. The van der Waals surface area contributed by atoms with Crippen LogP contribution in [-0.4, -0.2) is 37.2 Å². The Morgan fingerprint density at radius 1 is 0.253 bits per heavy atom. The lowest BCUT2D eigenvalue weighted by Gasteiger charge is -2.18. The molecule has 0 aliphatic heterocycles. The first-order valence-corrected chi connectivity index (χ1v) is 34.0. The Morgan fingerprint density at radius 3 is 0.759 bits per heavy atom. The molecule has 0 aromatic heterocycles. The Kier molecular flexibility index (Phi) is 65.4. The van der Waals surface area contributed by atoms with Gasteiger partial charge in [-0.05, 0) is 148 Å². The van der Waals surface area contributed by atoms with Crippen LogP contribution in [0.25, 0.3) is 0 Å². The highest BCUT2D eigenvalue weighted by molar-refractivity contribution is 5.71. The maximum absolute atomic E-state index is 12.9. The molecule has 6 heteroatoms. The van der Waals surface area contributed by atoms with E-state index in [0.29, 0.717) is 19.3 Å². The van der Waals surface area contributed by atoms with Gasteiger partial charge in [-0.3, -0.25) is 14.4 Å². The van der Waals surface area contributed by atoms with Crippen molar-refractivity contribution in [2.75, 3.05) is 13.2 Å². The second-order valence-corrected chi connectivity index (χ2v) is 22.0. The number of carbonyl (C=O) groups excluding carboxylic acids is 3. The van der Waals surface area contributed by atoms with Crippen LogP contribution < -0.4 is 0 Å². The van der Waals surface area contributed by atoms with Gasteiger partial charge in [-0.2, -0.15) is 0 Å². The predicted molar refractivity (Wildman–Crippen MR) is 362 cm³/mol. The molecule has 1 atom stereocenters. The molecule has 0 bridgehead atoms. The van der Waals surface area contributed by atoms with Crippen LogP contribution >= 0.6 is 0 Å². The van der Waals surface area contributed by atoms with Crippen LogP contribution in [0.1, 0.15) is 290 Å². The van der Waals surface area contributed by atoms with E-state index in [1.54, 1.807) is 0 Å². The van der Waals surface area contributed by atoms with E-state index in [9.17, 15) is 14.4 Å². The summed E-state index contributed by atoms with van der Waals surface area (Å²) in [5.41, 5.74) is 0. The summed E-state index contributed by atoms with van der Waals surface area (Å²) in [6.07, 6.45) is 101. The Bertz CT molecular complexity index is 1840. The molecule has 0 radical (unpaired) electrons. The fraction of sp³-hybridized carbons (Fsp3) is 0.623. The van der Waals surface area contributed by atoms with Crippen molar-refractivity contribution < 1.29 is 28.6 Å². The van der Waals surface area contributed by atoms with Crippen LogP contribution in [0.2, 0.25) is 0 Å². The fourth-order valence-electron chi connectivity index (χ4n) is 8.97. The molecule has 6 nitrogen and oxygen atoms in total. The van der Waals surface area contributed by atoms with Crippen molar-refractivity contribution in [3.63, 3.8) is 0 Å². The van der Waals surface area contributed by atoms with E-state index >= 15 is 0 Å². The second kappa shape index (κ2) is 69.5. The molecule has 0 fully saturated rings. The van der Waals surface area contributed by atoms with Gasteiger partial charge in [-0.25, -0.2) is 0 Å². The second-order valence-electron chi connectivity index (χ2n) is 22.0. The van der Waals surface area contributed by atoms with E-state index in [4.69, 9.17) is 14.2 Å². The molecule has 0 aliphatic rings. The van der Waals surface area contributed by atoms with Gasteiger partial charge in [0.2, 0.25) is 0 Å². The molecule has 0 saturated carbocycles. The Balaban J connectivity index is 4.49. The first-order chi connectivity index (χ1) is 41.0. The molecule has 0 aromatic carbocycles. The van der Waals surface area contributed by atoms with Crippen molar-refractivity contribution in [3.8, 4) is 0 Å². The smallest absolute Gasteiger partial charge is 0.306 e. The van der Waals surface area contributed by atoms with Crippen LogP contribution in [0.3, 0.4) is 0 Å². The molecule has 0 amide bonds. The normalized spacial score (nSPS) is 13.1. The monoisotopic (exact) mass is 1140 g/mol. The average Bonchev–Trinajstić information content (AvgIpc) is 3.50. The van der Waals surface area contributed by atoms with Gasteiger partial charge in [0.1, 0.15) is 13.2 Å². The van der Waals surface area contributed by atoms with Gasteiger partial charge < -0.3 is 14.2 Å². The molecule has 468 valence electrons. The molecule has 0 saturated heterocycles. The quantitative estimate of drug-likeness (QED) is 0.0261. The van der Waals surface area contributed by atoms with Crippen molar-refractivity contribution in [2.45, 2.75) is 297 Å². The number of allylic oxidation sites excluding steroid dienone is 26. The SMILES string of the molecule is CC/C=C\C/C=C\C/C=C\C/C=C\C/C=C\C/C=C\CCCCC(=O)OC(COC(=O)CCCCCCCCCCC/C=C\C/C=C\C/C=C\C/C=C\C/C=C\CC)COC(=O)CCCCCCCCCCC/C=C\C/C=C\CCCCC. The molecule has 83 heavy (non-hydrogen) atoms. The standard InChI is InChI=1S/C77H124O6/c1-4-7-10-13-16-19-22-25-28-31-34-36-37-38-39-41-43-46-49-52-55-58-61-64-67-70-76(79)82-73-74(72-81-75(78)69-66-63-60-57-54-51-48-45-42-33-30-27-24-21-18-15-12-9-6-3)83-77(80)71-68-65-62-59-56-53-50-47-44-40-35-32-29-26-23-20-17-14-11-8-5-2/h7-8,10-11,16-21,25-30,34-36,38-40,47,50,56,59,74H,4-6,9,12-15,22-24,31-33,37,41-46,48-49,51-55,57-58,60-73H2,1-3H3/b10-7-,11-8-,19-16-,20-17-,21-18-,28-25-,29-26-,30-27-,36-34-,39-38-,40-35-,50-47-,59-56-. The maximum atomic E-state index is 12.9. The molecule has 0 aliphatic carbocycles. The first kappa shape index (κ1) is 78.0. The summed E-state index contributed by atoms with van der Waals surface area (Å²) in [6, 6.07) is 0. The van der Waals surface area contributed by atoms with Gasteiger partial charge in [0, 0.05) is 19.3 Å². The number of esters is 3. The highest BCUT2D eigenvalue weighted by Gasteiger charge is 2.19. The summed E-state index contributed by atoms with van der Waals surface area (Å²) < 4.78 is 16.9. The Hall–Kier alpha value is -4.97. The summed E-state index contributed by atoms with van der Waals surface area (Å²) in [4.78, 5) is 38.5. The van der Waals surface area contributed by atoms with Gasteiger partial charge in [-0.1, -0.05) is 281 Å². The van der Waals surface area contributed by atoms with E-state index in [2.05, 4.69) is 179 Å². The van der Waals surface area contributed by atoms with Crippen molar-refractivity contribution in [2.24, 2.45) is 0 Å². The molecule has 0 rings (SSSR count). The van der Waals surface area contributed by atoms with Crippen LogP contribution in [0.5, 0.6) is 0 Å². The summed E-state index contributed by atoms with van der Waals surface area (Å²) >= 11 is 0. The summed E-state index contributed by atoms with van der Waals surface area (Å²) in [5, 5.41) is 0. The van der Waals surface area contributed by atoms with E-state index in [-0.39, 0.29) is 37.5 Å². The minimum Gasteiger partial charge on any atom is -0.462 e. The molecular weight excluding hydrogens is 1020 g/mol. The summed E-state index contributed by atoms with van der Waals surface area (Å²) in [5.74, 6) is -0.957. The minimum absolute atomic E-state index is 0.105. The van der Waals surface area contributed by atoms with Gasteiger partial charge in [0.15, 0.2) is 6.10 Å². The zero-order valence-corrected chi connectivity index (χ0v) is 53.7. The van der Waals surface area contributed by atoms with E-state index in [0.717, 1.165) is 135 Å². The number of ether oxygens (including phenoxy) is 3. The van der Waals surface area contributed by atoms with E-state index < -0.39 is 6.10 Å². The average molecular weight is 1150 g/mol. The summed E-state index contributed by atoms with van der Waals surface area (Å²) in [7, 11) is 0. The van der Waals surface area contributed by atoms with Gasteiger partial charge in [-0.15, -0.1) is 0 Å². The third-order valence-electron chi connectivity index (χ3n) is 14.0. The van der Waals surface area contributed by atoms with Crippen LogP contribution in [0.15, 0.2) is 158 Å². The van der Waals surface area contributed by atoms with Crippen molar-refractivity contribution >= 4 is 17.9 Å². The third kappa shape index (κ3) is 67.7. The van der Waals surface area contributed by atoms with Crippen molar-refractivity contribution in [3.05, 3.63) is 158 Å². The van der Waals surface area contributed by atoms with Gasteiger partial charge >= 0.3 is 17.9 Å². The predicted octanol–water partition coefficient (Wildman–Crippen LogP) is 23.7. The lowest BCUT2D eigenvalue weighted by Crippen LogP contribution is -2.30. The fourth-order valence-corrected chi connectivity index (χ4v) is 8.97. The van der Waals surface area contributed by atoms with Gasteiger partial charge in [0.05, 0.1) is 0 Å². The molecule has 0 aromatic rings. The third-order valence-corrected chi connectivity index (χ3v) is 14.0. The number of rotatable bonds is 60. The maximum Gasteiger partial charge on any atom is 0.306 e. The van der Waals surface area contributed by atoms with Crippen LogP contribution in [0.4, 0.5) is 0 Å². The Labute approximate surface area is 511 Å². The molecule has 0 N–H and O–H groups in total. The summed E-state index contributed by atoms with van der Waals surface area (Å²) in [6.45, 7) is 6.36. The zero-order chi connectivity index (χ0) is 59.9. The lowest BCUT2D eigenvalue weighted by atomic mass is 10.1. The highest BCUT2D eigenvalue weighted by Crippen LogP contribution is 2.15. The zero-order valence-electron chi connectivity index (χ0n) is 53.7. The lowest BCUT2D eigenvalue weighted by molar-refractivity contribution is -0.167.